The Morgan fingerprint density at radius 3 is 1.43 bits per heavy atom. The molecule has 6 heterocycles. The molecule has 0 radical (unpaired) electrons. The third kappa shape index (κ3) is 25.2. The molecule has 3 aromatic carbocycles. The first kappa shape index (κ1) is 88.4. The molecular formula is C77H99N23O18. The minimum Gasteiger partial charge on any atom is -0.508 e. The highest BCUT2D eigenvalue weighted by atomic mass is 16.4. The predicted molar refractivity (Wildman–Crippen MR) is 422 cm³/mol. The lowest BCUT2D eigenvalue weighted by Crippen LogP contribution is -2.62. The van der Waals surface area contributed by atoms with E-state index in [2.05, 4.69) is 98.4 Å². The van der Waals surface area contributed by atoms with Gasteiger partial charge in [-0.15, -0.1) is 0 Å². The van der Waals surface area contributed by atoms with Gasteiger partial charge in [0, 0.05) is 98.0 Å². The number of guanidine groups is 1. The zero-order chi connectivity index (χ0) is 85.3. The van der Waals surface area contributed by atoms with E-state index in [1.54, 1.807) is 86.9 Å². The van der Waals surface area contributed by atoms with Crippen molar-refractivity contribution in [1.29, 1.82) is 5.41 Å². The molecular weight excluding hydrogens is 1530 g/mol. The molecule has 0 saturated carbocycles. The van der Waals surface area contributed by atoms with Gasteiger partial charge in [-0.05, 0) is 92.3 Å². The second-order valence-electron chi connectivity index (χ2n) is 29.1. The minimum atomic E-state index is -1.94. The van der Waals surface area contributed by atoms with Crippen LogP contribution in [0.5, 0.6) is 5.75 Å². The molecule has 1 aliphatic rings. The largest absolute Gasteiger partial charge is 0.508 e. The number of aromatic amines is 5. The summed E-state index contributed by atoms with van der Waals surface area (Å²) < 4.78 is 0. The molecule has 0 bridgehead atoms. The Morgan fingerprint density at radius 1 is 0.534 bits per heavy atom. The van der Waals surface area contributed by atoms with E-state index in [0.717, 1.165) is 0 Å². The molecule has 41 heteroatoms. The highest BCUT2D eigenvalue weighted by molar-refractivity contribution is 6.01. The molecule has 26 N–H and O–H groups in total. The van der Waals surface area contributed by atoms with Gasteiger partial charge < -0.3 is 125 Å². The monoisotopic (exact) mass is 1630 g/mol. The van der Waals surface area contributed by atoms with E-state index < -0.39 is 194 Å². The number of fused-ring (bicyclic) bond motifs is 2. The number of aliphatic hydroxyl groups is 2. The maximum Gasteiger partial charge on any atom is 0.326 e. The molecule has 5 aromatic heterocycles. The van der Waals surface area contributed by atoms with Crippen LogP contribution >= 0.6 is 0 Å². The second kappa shape index (κ2) is 42.2. The minimum absolute atomic E-state index is 0.0169. The summed E-state index contributed by atoms with van der Waals surface area (Å²) in [6, 6.07) is 0.873. The number of nitrogens with one attached hydrogen (secondary N) is 17. The number of aromatic nitrogens is 8. The number of aliphatic hydroxyl groups excluding tert-OH is 2. The van der Waals surface area contributed by atoms with E-state index >= 15 is 0 Å². The van der Waals surface area contributed by atoms with E-state index in [1.165, 1.54) is 61.5 Å². The molecule has 8 aromatic rings. The molecule has 0 spiro atoms. The average molecular weight is 1630 g/mol. The number of imidazole rings is 3. The molecule has 0 unspecified atom stereocenters. The van der Waals surface area contributed by atoms with Crippen molar-refractivity contribution in [3.05, 3.63) is 157 Å². The maximum absolute atomic E-state index is 15.0. The van der Waals surface area contributed by atoms with Crippen molar-refractivity contribution in [3.8, 4) is 5.75 Å². The quantitative estimate of drug-likeness (QED) is 0.0101. The number of para-hydroxylation sites is 2. The van der Waals surface area contributed by atoms with Crippen molar-refractivity contribution in [2.24, 2.45) is 17.4 Å². The Morgan fingerprint density at radius 2 is 0.966 bits per heavy atom. The van der Waals surface area contributed by atoms with Gasteiger partial charge in [0.2, 0.25) is 65.0 Å². The third-order valence-electron chi connectivity index (χ3n) is 19.6. The van der Waals surface area contributed by atoms with Crippen LogP contribution in [-0.2, 0) is 101 Å². The number of amides is 11. The van der Waals surface area contributed by atoms with Crippen molar-refractivity contribution < 1.29 is 87.9 Å². The fourth-order valence-electron chi connectivity index (χ4n) is 13.6. The summed E-state index contributed by atoms with van der Waals surface area (Å²) in [4.78, 5) is 213. The van der Waals surface area contributed by atoms with Gasteiger partial charge >= 0.3 is 11.9 Å². The van der Waals surface area contributed by atoms with E-state index in [-0.39, 0.29) is 86.8 Å². The van der Waals surface area contributed by atoms with Crippen LogP contribution in [0.3, 0.4) is 0 Å². The summed E-state index contributed by atoms with van der Waals surface area (Å²) in [6.07, 6.45) is 7.03. The topological polar surface area (TPSA) is 652 Å². The Hall–Kier alpha value is -13.6. The number of nitrogens with two attached hydrogens (primary N) is 2. The Kier molecular flexibility index (Phi) is 31.6. The summed E-state index contributed by atoms with van der Waals surface area (Å²) in [5, 5.41) is 88.6. The summed E-state index contributed by atoms with van der Waals surface area (Å²) in [5.74, 6) is -14.9. The summed E-state index contributed by atoms with van der Waals surface area (Å²) in [6.45, 7) is 3.53. The van der Waals surface area contributed by atoms with Gasteiger partial charge in [0.05, 0.1) is 61.2 Å². The number of aromatic hydroxyl groups is 1. The number of rotatable bonds is 44. The van der Waals surface area contributed by atoms with Crippen LogP contribution in [0.1, 0.15) is 93.1 Å². The second-order valence-corrected chi connectivity index (χ2v) is 29.1. The molecule has 1 fully saturated rings. The lowest BCUT2D eigenvalue weighted by atomic mass is 10.0. The zero-order valence-corrected chi connectivity index (χ0v) is 64.7. The van der Waals surface area contributed by atoms with Crippen molar-refractivity contribution in [3.63, 3.8) is 0 Å². The summed E-state index contributed by atoms with van der Waals surface area (Å²) >= 11 is 0. The number of carboxylic acids is 2. The van der Waals surface area contributed by atoms with E-state index in [4.69, 9.17) is 16.9 Å². The number of hydrogen-bond acceptors (Lipinski definition) is 21. The molecule has 13 atom stereocenters. The van der Waals surface area contributed by atoms with Gasteiger partial charge in [-0.2, -0.15) is 0 Å². The fourth-order valence-corrected chi connectivity index (χ4v) is 13.6. The van der Waals surface area contributed by atoms with Crippen LogP contribution < -0.4 is 70.0 Å². The van der Waals surface area contributed by atoms with Gasteiger partial charge in [-0.25, -0.2) is 19.7 Å². The van der Waals surface area contributed by atoms with Gasteiger partial charge in [0.15, 0.2) is 5.96 Å². The first-order chi connectivity index (χ1) is 56.4. The highest BCUT2D eigenvalue weighted by Crippen LogP contribution is 2.25. The highest BCUT2D eigenvalue weighted by Gasteiger charge is 2.42. The molecule has 9 rings (SSSR count). The van der Waals surface area contributed by atoms with E-state index in [1.807, 2.05) is 0 Å². The van der Waals surface area contributed by atoms with Crippen LogP contribution in [0.25, 0.3) is 21.8 Å². The predicted octanol–water partition coefficient (Wildman–Crippen LogP) is -3.31. The number of nitrogens with zero attached hydrogens (tertiary/aromatic N) is 4. The molecule has 41 nitrogen and oxygen atoms in total. The molecule has 1 saturated heterocycles. The molecule has 1 aliphatic heterocycles. The van der Waals surface area contributed by atoms with Crippen LogP contribution in [0, 0.1) is 11.3 Å². The molecule has 11 amide bonds. The van der Waals surface area contributed by atoms with E-state index in [0.29, 0.717) is 44.9 Å². The number of benzene rings is 3. The Balaban J connectivity index is 0.925. The van der Waals surface area contributed by atoms with Gasteiger partial charge in [-0.3, -0.25) is 62.9 Å². The summed E-state index contributed by atoms with van der Waals surface area (Å²) in [7, 11) is 0. The number of aliphatic carboxylic acids is 2. The first-order valence-corrected chi connectivity index (χ1v) is 38.1. The number of phenols is 1. The van der Waals surface area contributed by atoms with Gasteiger partial charge in [-0.1, -0.05) is 62.4 Å². The fraction of sp³-hybridized carbons (Fsp3) is 0.416. The first-order valence-electron chi connectivity index (χ1n) is 38.1. The number of carbonyl (C=O) groups excluding carboxylic acids is 11. The number of hydrogen-bond donors (Lipinski definition) is 24. The SMILES string of the molecule is CC(C)C[C@H](NC(=O)[C@H](CC(=O)O)NC(=O)[C@H](Cc1c[nH]c2ccccc12)NC(=O)[C@H](CCCNC(=N)N)NC(=O)[C@H](CO)NC(=O)[C@H](Cc1c[nH]cn1)NC(=O)[C@H](Cc1c[nH]cn1)NC(=O)[C@H](Cc1c[nH]cn1)NC(=O)[C@@H](NC(=O)[C@H](Cc1c[nH]c2ccccc12)NC(=O)[C@@H]1CCCN1C(=O)[C@@H](N)Cc1ccc(O)cc1)[C@@H](C)O)C(=O)O. The number of carboxylic acid groups (broad SMARTS) is 2. The van der Waals surface area contributed by atoms with Crippen LogP contribution in [0.4, 0.5) is 0 Å². The summed E-state index contributed by atoms with van der Waals surface area (Å²) in [5.41, 5.74) is 15.5. The number of H-pyrrole nitrogens is 5. The van der Waals surface area contributed by atoms with Crippen molar-refractivity contribution in [2.45, 2.75) is 176 Å². The Bertz CT molecular complexity index is 4800. The Labute approximate surface area is 674 Å². The van der Waals surface area contributed by atoms with E-state index in [9.17, 15) is 87.9 Å². The molecule has 118 heavy (non-hydrogen) atoms. The lowest BCUT2D eigenvalue weighted by Gasteiger charge is -2.30. The molecule has 630 valence electrons. The number of phenolic OH excluding ortho intramolecular Hbond substituents is 1. The van der Waals surface area contributed by atoms with Gasteiger partial charge in [0.1, 0.15) is 72.2 Å². The van der Waals surface area contributed by atoms with Crippen LogP contribution in [0.15, 0.2) is 123 Å². The van der Waals surface area contributed by atoms with Gasteiger partial charge in [0.25, 0.3) is 0 Å². The normalized spacial score (nSPS) is 15.7. The van der Waals surface area contributed by atoms with Crippen LogP contribution in [-0.4, -0.2) is 251 Å². The van der Waals surface area contributed by atoms with Crippen LogP contribution in [0.2, 0.25) is 0 Å². The number of likely N-dealkylation sites (tertiary alicyclic amines) is 1. The standard InChI is InChI=1S/C77H99N23O18/c1-39(2)22-60(76(117)118)97-70(111)59(29-63(104)105)94-66(107)54(24-42-30-85-51-12-6-4-10-48(42)51)91-65(106)53(14-8-20-84-77(79)80)90-72(113)61(35-101)98-69(110)57(27-45-33-82-37-88-45)93-67(108)56(26-44-32-81-36-87-44)92-68(109)58(28-46-34-83-38-89-46)96-74(115)64(40(3)102)99-71(112)55(25-43-31-86-52-13-7-5-11-49(43)52)95-73(114)62-15-9-21-100(62)75(116)50(78)23-41-16-18-47(103)19-17-41/h4-7,10-13,16-19,30-34,36-40,50,53-62,64,85-86,101-103H,8-9,14-15,20-29,35,78H2,1-3H3,(H,81,87)(H,82,88)(H,83,89)(H,90,113)(H,91,106)(H,92,109)(H,93,108)(H,94,107)(H,95,114)(H,96,115)(H,97,111)(H,98,110)(H,99,112)(H,104,105)(H,117,118)(H4,79,80,84)/t40-,50+,53+,54+,55+,56+,57+,58+,59+,60+,61+,62+,64+/m1/s1. The lowest BCUT2D eigenvalue weighted by molar-refractivity contribution is -0.144. The maximum atomic E-state index is 15.0. The van der Waals surface area contributed by atoms with Crippen molar-refractivity contribution >= 4 is 105 Å². The van der Waals surface area contributed by atoms with Crippen molar-refractivity contribution in [1.82, 2.24) is 103 Å². The molecule has 0 aliphatic carbocycles. The zero-order valence-electron chi connectivity index (χ0n) is 64.7. The third-order valence-corrected chi connectivity index (χ3v) is 19.6. The smallest absolute Gasteiger partial charge is 0.326 e. The van der Waals surface area contributed by atoms with Crippen molar-refractivity contribution in [2.75, 3.05) is 19.7 Å². The average Bonchev–Trinajstić information content (AvgIpc) is 1.60. The number of carbonyl (C=O) groups is 13.